The summed E-state index contributed by atoms with van der Waals surface area (Å²) in [7, 11) is -4.36. The fourth-order valence-corrected chi connectivity index (χ4v) is 7.88. The normalized spacial score (nSPS) is 21.8. The van der Waals surface area contributed by atoms with E-state index in [-0.39, 0.29) is 18.3 Å². The Hall–Kier alpha value is -3.26. The lowest BCUT2D eigenvalue weighted by Gasteiger charge is -2.30. The standard InChI is InChI=1S/C35H44N2O8S2/c1-4-36-29-17-10-8-15-27(29)35(3,23-13-25-46-45-44-40)31(36)19-6-5-7-20-32-34(2,22-12-21-33(38)39)28-16-9-11-18-30(28)37(32)24-14-26-47(41,42)43/h5-11,15-20H,4,12-14,21-26H2,1-3H3,(H2-,38,39,40,41,42,43)/p-1. The number of carboxylic acid groups (broad SMARTS) is 1. The zero-order chi connectivity index (χ0) is 34.1. The number of carboxylic acids is 1. The van der Waals surface area contributed by atoms with Crippen molar-refractivity contribution in [3.05, 3.63) is 95.7 Å². The Morgan fingerprint density at radius 2 is 1.70 bits per heavy atom. The minimum atomic E-state index is -4.36. The van der Waals surface area contributed by atoms with Gasteiger partial charge in [-0.05, 0) is 64.2 Å². The highest BCUT2D eigenvalue weighted by Gasteiger charge is 2.47. The number of para-hydroxylation sites is 2. The SMILES string of the molecule is CCN1/C(=C/C=C/C=C/C2=[N+](CCCS(=O)(=O)[O-])c3ccccc3C2(C)CCCC(=O)O)C(C)(CCCSOO[O-])c2ccccc21. The summed E-state index contributed by atoms with van der Waals surface area (Å²) in [5.74, 6) is -0.697. The summed E-state index contributed by atoms with van der Waals surface area (Å²) in [5.41, 5.74) is 5.73. The maximum Gasteiger partial charge on any atom is 0.303 e. The Labute approximate surface area is 281 Å². The highest BCUT2D eigenvalue weighted by molar-refractivity contribution is 7.94. The number of rotatable bonds is 18. The quantitative estimate of drug-likeness (QED) is 0.0397. The van der Waals surface area contributed by atoms with Gasteiger partial charge in [-0.2, -0.15) is 8.91 Å². The lowest BCUT2D eigenvalue weighted by Crippen LogP contribution is -2.32. The fraction of sp³-hybridized carbons (Fsp3) is 0.429. The van der Waals surface area contributed by atoms with E-state index in [9.17, 15) is 28.1 Å². The Morgan fingerprint density at radius 3 is 2.40 bits per heavy atom. The molecule has 0 aliphatic carbocycles. The van der Waals surface area contributed by atoms with Crippen molar-refractivity contribution in [1.82, 2.24) is 0 Å². The van der Waals surface area contributed by atoms with Crippen LogP contribution >= 0.6 is 12.0 Å². The molecule has 0 saturated carbocycles. The Morgan fingerprint density at radius 1 is 1.00 bits per heavy atom. The fourth-order valence-electron chi connectivity index (χ4n) is 7.03. The molecule has 47 heavy (non-hydrogen) atoms. The number of aliphatic carboxylic acids is 1. The van der Waals surface area contributed by atoms with Gasteiger partial charge in [0.1, 0.15) is 6.54 Å². The number of nitrogens with zero attached hydrogens (tertiary/aromatic N) is 2. The first-order valence-corrected chi connectivity index (χ1v) is 18.4. The lowest BCUT2D eigenvalue weighted by molar-refractivity contribution is -0.777. The van der Waals surface area contributed by atoms with Gasteiger partial charge in [0, 0.05) is 77.4 Å². The van der Waals surface area contributed by atoms with E-state index < -0.39 is 27.3 Å². The summed E-state index contributed by atoms with van der Waals surface area (Å²) in [5, 5.41) is 23.0. The zero-order valence-electron chi connectivity index (χ0n) is 27.1. The second-order valence-corrected chi connectivity index (χ2v) is 14.5. The average molecular weight is 684 g/mol. The monoisotopic (exact) mass is 683 g/mol. The van der Waals surface area contributed by atoms with Crippen molar-refractivity contribution >= 4 is 45.2 Å². The molecule has 12 heteroatoms. The maximum atomic E-state index is 11.4. The molecule has 0 amide bonds. The van der Waals surface area contributed by atoms with Crippen LogP contribution in [0.25, 0.3) is 0 Å². The van der Waals surface area contributed by atoms with Crippen LogP contribution in [0.4, 0.5) is 11.4 Å². The lowest BCUT2D eigenvalue weighted by atomic mass is 9.75. The molecular weight excluding hydrogens is 641 g/mol. The minimum Gasteiger partial charge on any atom is -0.748 e. The summed E-state index contributed by atoms with van der Waals surface area (Å²) in [6.07, 6.45) is 13.0. The number of anilines is 1. The largest absolute Gasteiger partial charge is 0.748 e. The van der Waals surface area contributed by atoms with E-state index in [0.29, 0.717) is 25.1 Å². The van der Waals surface area contributed by atoms with E-state index in [1.165, 1.54) is 11.3 Å². The van der Waals surface area contributed by atoms with Crippen LogP contribution in [0.3, 0.4) is 0 Å². The van der Waals surface area contributed by atoms with Crippen molar-refractivity contribution in [2.45, 2.75) is 70.1 Å². The Bertz CT molecular complexity index is 1650. The van der Waals surface area contributed by atoms with E-state index in [1.54, 1.807) is 0 Å². The van der Waals surface area contributed by atoms with Crippen molar-refractivity contribution in [3.8, 4) is 0 Å². The van der Waals surface area contributed by atoms with Gasteiger partial charge in [-0.25, -0.2) is 8.42 Å². The highest BCUT2D eigenvalue weighted by Crippen LogP contribution is 2.50. The number of likely N-dealkylation sites (N-methyl/N-ethyl adjacent to an activating group) is 1. The first-order valence-electron chi connectivity index (χ1n) is 15.9. The number of benzene rings is 2. The number of hydrogen-bond donors (Lipinski definition) is 1. The number of allylic oxidation sites excluding steroid dienone is 6. The van der Waals surface area contributed by atoms with Crippen LogP contribution < -0.4 is 10.2 Å². The third-order valence-electron chi connectivity index (χ3n) is 9.16. The van der Waals surface area contributed by atoms with Gasteiger partial charge in [-0.1, -0.05) is 54.6 Å². The Kier molecular flexibility index (Phi) is 12.6. The van der Waals surface area contributed by atoms with Gasteiger partial charge in [-0.15, -0.1) is 0 Å². The minimum absolute atomic E-state index is 0.0455. The maximum absolute atomic E-state index is 11.4. The van der Waals surface area contributed by atoms with Crippen molar-refractivity contribution in [2.24, 2.45) is 0 Å². The van der Waals surface area contributed by atoms with Crippen LogP contribution in [0.5, 0.6) is 0 Å². The summed E-state index contributed by atoms with van der Waals surface area (Å²) >= 11 is 0.997. The molecule has 0 bridgehead atoms. The van der Waals surface area contributed by atoms with Gasteiger partial charge in [0.2, 0.25) is 5.69 Å². The predicted molar refractivity (Wildman–Crippen MR) is 181 cm³/mol. The molecule has 0 radical (unpaired) electrons. The zero-order valence-corrected chi connectivity index (χ0v) is 28.7. The second-order valence-electron chi connectivity index (χ2n) is 12.2. The van der Waals surface area contributed by atoms with Crippen molar-refractivity contribution in [3.63, 3.8) is 0 Å². The molecule has 2 aromatic rings. The highest BCUT2D eigenvalue weighted by atomic mass is 32.2. The molecule has 254 valence electrons. The third kappa shape index (κ3) is 8.62. The van der Waals surface area contributed by atoms with E-state index in [4.69, 9.17) is 0 Å². The summed E-state index contributed by atoms with van der Waals surface area (Å²) in [6, 6.07) is 16.3. The Balaban J connectivity index is 1.66. The van der Waals surface area contributed by atoms with Crippen LogP contribution in [-0.4, -0.2) is 58.9 Å². The van der Waals surface area contributed by atoms with Gasteiger partial charge >= 0.3 is 5.97 Å². The molecule has 10 nitrogen and oxygen atoms in total. The molecule has 2 atom stereocenters. The molecule has 2 heterocycles. The van der Waals surface area contributed by atoms with Crippen LogP contribution in [0, 0.1) is 0 Å². The predicted octanol–water partition coefficient (Wildman–Crippen LogP) is 5.68. The molecule has 0 aromatic heterocycles. The van der Waals surface area contributed by atoms with Crippen molar-refractivity contribution < 1.29 is 42.1 Å². The molecule has 0 spiro atoms. The molecule has 2 aliphatic rings. The number of fused-ring (bicyclic) bond motifs is 2. The van der Waals surface area contributed by atoms with Crippen molar-refractivity contribution in [1.29, 1.82) is 0 Å². The smallest absolute Gasteiger partial charge is 0.303 e. The van der Waals surface area contributed by atoms with E-state index in [1.807, 2.05) is 54.6 Å². The van der Waals surface area contributed by atoms with Gasteiger partial charge in [0.25, 0.3) is 0 Å². The summed E-state index contributed by atoms with van der Waals surface area (Å²) in [6.45, 7) is 7.59. The number of hydrogen-bond acceptors (Lipinski definition) is 9. The van der Waals surface area contributed by atoms with Crippen LogP contribution in [0.2, 0.25) is 0 Å². The third-order valence-corrected chi connectivity index (χ3v) is 10.6. The van der Waals surface area contributed by atoms with Gasteiger partial charge < -0.3 is 19.8 Å². The second kappa shape index (κ2) is 16.2. The van der Waals surface area contributed by atoms with Crippen molar-refractivity contribution in [2.75, 3.05) is 29.5 Å². The van der Waals surface area contributed by atoms with Crippen LogP contribution in [-0.2, 0) is 35.1 Å². The van der Waals surface area contributed by atoms with Gasteiger partial charge in [-0.3, -0.25) is 9.83 Å². The molecule has 2 unspecified atom stereocenters. The van der Waals surface area contributed by atoms with Crippen LogP contribution in [0.1, 0.15) is 70.4 Å². The van der Waals surface area contributed by atoms with Gasteiger partial charge in [0.15, 0.2) is 5.71 Å². The van der Waals surface area contributed by atoms with Crippen LogP contribution in [0.15, 0.2) is 84.6 Å². The summed E-state index contributed by atoms with van der Waals surface area (Å²) in [4.78, 5) is 13.7. The first-order chi connectivity index (χ1) is 22.5. The summed E-state index contributed by atoms with van der Waals surface area (Å²) < 4.78 is 40.7. The molecule has 1 N–H and O–H groups in total. The molecule has 0 fully saturated rings. The van der Waals surface area contributed by atoms with E-state index >= 15 is 0 Å². The topological polar surface area (TPSA) is 142 Å². The molecular formula is C35H43N2O8S2-. The van der Waals surface area contributed by atoms with E-state index in [2.05, 4.69) is 63.9 Å². The first kappa shape index (κ1) is 36.6. The molecule has 0 saturated heterocycles. The average Bonchev–Trinajstić information content (AvgIpc) is 3.41. The molecule has 2 aliphatic heterocycles. The molecule has 2 aromatic carbocycles. The molecule has 4 rings (SSSR count). The van der Waals surface area contributed by atoms with Gasteiger partial charge in [0.05, 0.1) is 15.5 Å². The van der Waals surface area contributed by atoms with E-state index in [0.717, 1.165) is 54.1 Å². The number of carbonyl (C=O) groups is 1.